The van der Waals surface area contributed by atoms with Crippen molar-refractivity contribution in [2.45, 2.75) is 32.2 Å². The number of hydrogen-bond donors (Lipinski definition) is 1. The zero-order valence-corrected chi connectivity index (χ0v) is 23.2. The van der Waals surface area contributed by atoms with Gasteiger partial charge >= 0.3 is 0 Å². The first-order valence-corrected chi connectivity index (χ1v) is 13.7. The average Bonchev–Trinajstić information content (AvgIpc) is 3.77. The Hall–Kier alpha value is -4.86. The number of amides is 1. The van der Waals surface area contributed by atoms with Gasteiger partial charge in [-0.25, -0.2) is 23.7 Å². The maximum atomic E-state index is 15.3. The van der Waals surface area contributed by atoms with E-state index in [-0.39, 0.29) is 25.5 Å². The van der Waals surface area contributed by atoms with Gasteiger partial charge in [-0.3, -0.25) is 4.79 Å². The summed E-state index contributed by atoms with van der Waals surface area (Å²) >= 11 is 0. The maximum Gasteiger partial charge on any atom is 0.210 e. The Morgan fingerprint density at radius 2 is 1.93 bits per heavy atom. The second kappa shape index (κ2) is 11.6. The molecule has 3 heterocycles. The highest BCUT2D eigenvalue weighted by Gasteiger charge is 2.25. The third-order valence-corrected chi connectivity index (χ3v) is 7.49. The number of H-pyrrole nitrogens is 1. The van der Waals surface area contributed by atoms with E-state index in [1.165, 1.54) is 11.0 Å². The summed E-state index contributed by atoms with van der Waals surface area (Å²) in [7, 11) is 1.57. The van der Waals surface area contributed by atoms with Crippen molar-refractivity contribution < 1.29 is 23.0 Å². The molecule has 214 valence electrons. The van der Waals surface area contributed by atoms with Crippen LogP contribution in [0.15, 0.2) is 60.9 Å². The summed E-state index contributed by atoms with van der Waals surface area (Å²) in [6.45, 7) is 2.12. The minimum absolute atomic E-state index is 0.0654. The number of rotatable bonds is 11. The normalized spacial score (nSPS) is 12.9. The van der Waals surface area contributed by atoms with E-state index >= 15 is 4.39 Å². The van der Waals surface area contributed by atoms with Crippen LogP contribution in [-0.4, -0.2) is 51.5 Å². The molecule has 1 aliphatic carbocycles. The molecule has 10 heteroatoms. The Labute approximate surface area is 241 Å². The van der Waals surface area contributed by atoms with E-state index in [2.05, 4.69) is 19.9 Å². The van der Waals surface area contributed by atoms with Gasteiger partial charge in [-0.15, -0.1) is 0 Å². The number of carbonyl (C=O) groups excluding carboxylic acids is 1. The summed E-state index contributed by atoms with van der Waals surface area (Å²) in [5.41, 5.74) is 4.83. The van der Waals surface area contributed by atoms with Crippen molar-refractivity contribution in [2.24, 2.45) is 0 Å². The number of nitrogens with one attached hydrogen (secondary N) is 1. The SMILES string of the molecule is COc1ccc(-c2nc3c(-c4ccc(CN(C=O)CCOc5cc(C6CC6)cc(F)c5C)c(F)c4)ccnc3[nH]2)nc1. The Morgan fingerprint density at radius 1 is 1.07 bits per heavy atom. The van der Waals surface area contributed by atoms with Crippen LogP contribution in [0.1, 0.15) is 35.4 Å². The lowest BCUT2D eigenvalue weighted by molar-refractivity contribution is -0.119. The number of hydrogen-bond acceptors (Lipinski definition) is 6. The third-order valence-electron chi connectivity index (χ3n) is 7.49. The minimum Gasteiger partial charge on any atom is -0.495 e. The smallest absolute Gasteiger partial charge is 0.210 e. The van der Waals surface area contributed by atoms with Gasteiger partial charge in [0.1, 0.15) is 41.0 Å². The van der Waals surface area contributed by atoms with Crippen molar-refractivity contribution in [3.63, 3.8) is 0 Å². The number of halogens is 2. The zero-order valence-electron chi connectivity index (χ0n) is 23.2. The van der Waals surface area contributed by atoms with E-state index in [0.29, 0.717) is 68.8 Å². The number of aromatic nitrogens is 4. The predicted molar refractivity (Wildman–Crippen MR) is 154 cm³/mol. The molecule has 0 aliphatic heterocycles. The van der Waals surface area contributed by atoms with Gasteiger partial charge in [0.25, 0.3) is 0 Å². The summed E-state index contributed by atoms with van der Waals surface area (Å²) in [5.74, 6) is 1.29. The fourth-order valence-corrected chi connectivity index (χ4v) is 4.89. The highest BCUT2D eigenvalue weighted by Crippen LogP contribution is 2.42. The number of benzene rings is 2. The quantitative estimate of drug-likeness (QED) is 0.191. The van der Waals surface area contributed by atoms with Crippen molar-refractivity contribution in [3.8, 4) is 34.1 Å². The molecular weight excluding hydrogens is 540 g/mol. The van der Waals surface area contributed by atoms with E-state index in [4.69, 9.17) is 9.47 Å². The van der Waals surface area contributed by atoms with Gasteiger partial charge in [0.2, 0.25) is 6.41 Å². The highest BCUT2D eigenvalue weighted by molar-refractivity contribution is 5.91. The van der Waals surface area contributed by atoms with Crippen LogP contribution in [0.3, 0.4) is 0 Å². The van der Waals surface area contributed by atoms with Gasteiger partial charge in [-0.05, 0) is 73.2 Å². The monoisotopic (exact) mass is 569 g/mol. The first kappa shape index (κ1) is 27.3. The number of nitrogens with zero attached hydrogens (tertiary/aromatic N) is 4. The summed E-state index contributed by atoms with van der Waals surface area (Å²) in [6, 6.07) is 13.7. The lowest BCUT2D eigenvalue weighted by Crippen LogP contribution is -2.27. The van der Waals surface area contributed by atoms with Crippen LogP contribution in [0.5, 0.6) is 11.5 Å². The van der Waals surface area contributed by atoms with Gasteiger partial charge in [0, 0.05) is 29.4 Å². The van der Waals surface area contributed by atoms with Gasteiger partial charge in [0.05, 0.1) is 19.9 Å². The number of pyridine rings is 2. The van der Waals surface area contributed by atoms with E-state index in [1.54, 1.807) is 62.8 Å². The van der Waals surface area contributed by atoms with E-state index < -0.39 is 5.82 Å². The molecule has 1 N–H and O–H groups in total. The van der Waals surface area contributed by atoms with Crippen LogP contribution in [0.2, 0.25) is 0 Å². The zero-order chi connectivity index (χ0) is 29.2. The lowest BCUT2D eigenvalue weighted by Gasteiger charge is -2.19. The van der Waals surface area contributed by atoms with Gasteiger partial charge < -0.3 is 19.4 Å². The second-order valence-corrected chi connectivity index (χ2v) is 10.4. The summed E-state index contributed by atoms with van der Waals surface area (Å²) in [4.78, 5) is 29.8. The average molecular weight is 570 g/mol. The minimum atomic E-state index is -0.451. The van der Waals surface area contributed by atoms with Crippen LogP contribution in [0.25, 0.3) is 33.8 Å². The van der Waals surface area contributed by atoms with E-state index in [1.807, 2.05) is 6.07 Å². The number of carbonyl (C=O) groups is 1. The number of aromatic amines is 1. The molecular formula is C32H29F2N5O3. The number of methoxy groups -OCH3 is 1. The topological polar surface area (TPSA) is 93.2 Å². The summed E-state index contributed by atoms with van der Waals surface area (Å²) in [6.07, 6.45) is 6.01. The number of ether oxygens (including phenoxy) is 2. The van der Waals surface area contributed by atoms with Crippen LogP contribution in [-0.2, 0) is 11.3 Å². The summed E-state index contributed by atoms with van der Waals surface area (Å²) in [5, 5.41) is 0. The Balaban J connectivity index is 1.15. The molecule has 8 nitrogen and oxygen atoms in total. The molecule has 42 heavy (non-hydrogen) atoms. The molecule has 6 rings (SSSR count). The van der Waals surface area contributed by atoms with Gasteiger partial charge in [-0.2, -0.15) is 0 Å². The predicted octanol–water partition coefficient (Wildman–Crippen LogP) is 6.20. The largest absolute Gasteiger partial charge is 0.495 e. The molecule has 0 bridgehead atoms. The Bertz CT molecular complexity index is 1750. The van der Waals surface area contributed by atoms with Crippen LogP contribution < -0.4 is 9.47 Å². The molecule has 1 amide bonds. The molecule has 3 aromatic heterocycles. The molecule has 0 spiro atoms. The van der Waals surface area contributed by atoms with Gasteiger partial charge in [-0.1, -0.05) is 12.1 Å². The standard InChI is InChI=1S/C32H29F2N5O3/c1-19-26(33)14-23(20-3-4-20)15-29(19)42-12-11-39(18-40)17-22-6-5-21(13-27(22)34)25-9-10-35-32-30(25)37-31(38-32)28-8-7-24(41-2)16-36-28/h5-10,13-16,18,20H,3-4,11-12,17H2,1-2H3,(H,35,37,38). The third kappa shape index (κ3) is 5.65. The highest BCUT2D eigenvalue weighted by atomic mass is 19.1. The molecule has 0 atom stereocenters. The summed E-state index contributed by atoms with van der Waals surface area (Å²) < 4.78 is 40.7. The number of fused-ring (bicyclic) bond motifs is 1. The van der Waals surface area contributed by atoms with Crippen molar-refractivity contribution in [3.05, 3.63) is 89.2 Å². The van der Waals surface area contributed by atoms with Crippen LogP contribution >= 0.6 is 0 Å². The first-order valence-electron chi connectivity index (χ1n) is 13.7. The molecule has 0 saturated heterocycles. The molecule has 0 unspecified atom stereocenters. The molecule has 1 aliphatic rings. The van der Waals surface area contributed by atoms with E-state index in [0.717, 1.165) is 18.4 Å². The molecule has 2 aromatic carbocycles. The second-order valence-electron chi connectivity index (χ2n) is 10.4. The maximum absolute atomic E-state index is 15.3. The van der Waals surface area contributed by atoms with Crippen molar-refractivity contribution in [1.29, 1.82) is 0 Å². The van der Waals surface area contributed by atoms with Crippen molar-refractivity contribution in [2.75, 3.05) is 20.3 Å². The van der Waals surface area contributed by atoms with Crippen molar-refractivity contribution in [1.82, 2.24) is 24.8 Å². The van der Waals surface area contributed by atoms with Crippen LogP contribution in [0.4, 0.5) is 8.78 Å². The Kier molecular flexibility index (Phi) is 7.52. The Morgan fingerprint density at radius 3 is 2.64 bits per heavy atom. The first-order chi connectivity index (χ1) is 20.4. The fraction of sp³-hybridized carbons (Fsp3) is 0.250. The molecule has 1 saturated carbocycles. The molecule has 0 radical (unpaired) electrons. The van der Waals surface area contributed by atoms with Crippen molar-refractivity contribution >= 4 is 17.6 Å². The molecule has 5 aromatic rings. The van der Waals surface area contributed by atoms with Gasteiger partial charge in [0.15, 0.2) is 11.5 Å². The number of imidazole rings is 1. The van der Waals surface area contributed by atoms with E-state index in [9.17, 15) is 9.18 Å². The fourth-order valence-electron chi connectivity index (χ4n) is 4.89. The van der Waals surface area contributed by atoms with Crippen LogP contribution in [0, 0.1) is 18.6 Å². The lowest BCUT2D eigenvalue weighted by atomic mass is 10.0. The molecule has 1 fully saturated rings.